The van der Waals surface area contributed by atoms with Crippen LogP contribution < -0.4 is 5.32 Å². The van der Waals surface area contributed by atoms with Crippen molar-refractivity contribution in [1.29, 1.82) is 0 Å². The lowest BCUT2D eigenvalue weighted by Crippen LogP contribution is -2.37. The minimum Gasteiger partial charge on any atom is -0.478 e. The molecule has 0 radical (unpaired) electrons. The Bertz CT molecular complexity index is 465. The molecule has 1 aliphatic carbocycles. The number of carbonyl (C=O) groups is 1. The molecule has 0 heterocycles. The number of rotatable bonds is 3. The molecule has 1 fully saturated rings. The highest BCUT2D eigenvalue weighted by molar-refractivity contribution is 5.89. The second-order valence-electron chi connectivity index (χ2n) is 5.56. The Hall–Kier alpha value is -1.58. The Morgan fingerprint density at radius 2 is 1.95 bits per heavy atom. The van der Waals surface area contributed by atoms with E-state index in [4.69, 9.17) is 5.11 Å². The zero-order valence-electron chi connectivity index (χ0n) is 11.3. The fourth-order valence-electron chi connectivity index (χ4n) is 2.94. The van der Waals surface area contributed by atoms with E-state index in [1.165, 1.54) is 31.4 Å². The third-order valence-electron chi connectivity index (χ3n) is 4.08. The summed E-state index contributed by atoms with van der Waals surface area (Å²) in [6, 6.07) is 4.52. The molecule has 2 N–H and O–H groups in total. The first-order valence-corrected chi connectivity index (χ1v) is 6.78. The van der Waals surface area contributed by atoms with Gasteiger partial charge in [-0.1, -0.05) is 20.3 Å². The quantitative estimate of drug-likeness (QED) is 0.874. The van der Waals surface area contributed by atoms with Gasteiger partial charge in [-0.05, 0) is 42.9 Å². The Labute approximate surface area is 112 Å². The topological polar surface area (TPSA) is 49.3 Å². The zero-order chi connectivity index (χ0) is 14.0. The SMILES string of the molecule is CC1CCCC(C)C1Nc1ccc(F)c(C(=O)O)c1. The average molecular weight is 265 g/mol. The maximum Gasteiger partial charge on any atom is 0.338 e. The summed E-state index contributed by atoms with van der Waals surface area (Å²) in [5.41, 5.74) is 0.408. The van der Waals surface area contributed by atoms with Crippen LogP contribution in [-0.4, -0.2) is 17.1 Å². The Balaban J connectivity index is 2.18. The van der Waals surface area contributed by atoms with Gasteiger partial charge in [0.1, 0.15) is 5.82 Å². The third-order valence-corrected chi connectivity index (χ3v) is 4.08. The van der Waals surface area contributed by atoms with E-state index in [0.717, 1.165) is 0 Å². The van der Waals surface area contributed by atoms with E-state index in [2.05, 4.69) is 19.2 Å². The third kappa shape index (κ3) is 3.06. The molecule has 2 unspecified atom stereocenters. The smallest absolute Gasteiger partial charge is 0.338 e. The molecule has 0 saturated heterocycles. The van der Waals surface area contributed by atoms with Crippen LogP contribution >= 0.6 is 0 Å². The molecular weight excluding hydrogens is 245 g/mol. The summed E-state index contributed by atoms with van der Waals surface area (Å²) in [4.78, 5) is 10.9. The van der Waals surface area contributed by atoms with E-state index in [0.29, 0.717) is 23.6 Å². The first-order chi connectivity index (χ1) is 8.99. The number of benzene rings is 1. The van der Waals surface area contributed by atoms with Crippen LogP contribution in [0.25, 0.3) is 0 Å². The first-order valence-electron chi connectivity index (χ1n) is 6.78. The molecule has 1 aromatic carbocycles. The normalized spacial score (nSPS) is 27.0. The number of aromatic carboxylic acids is 1. The molecule has 0 bridgehead atoms. The molecule has 0 aliphatic heterocycles. The lowest BCUT2D eigenvalue weighted by atomic mass is 9.78. The molecule has 104 valence electrons. The summed E-state index contributed by atoms with van der Waals surface area (Å²) < 4.78 is 13.3. The Kier molecular flexibility index (Phi) is 4.08. The van der Waals surface area contributed by atoms with Crippen LogP contribution in [0, 0.1) is 17.7 Å². The van der Waals surface area contributed by atoms with Gasteiger partial charge in [-0.15, -0.1) is 0 Å². The van der Waals surface area contributed by atoms with Crippen molar-refractivity contribution in [2.24, 2.45) is 11.8 Å². The van der Waals surface area contributed by atoms with E-state index in [1.54, 1.807) is 6.07 Å². The number of anilines is 1. The molecule has 3 nitrogen and oxygen atoms in total. The summed E-state index contributed by atoms with van der Waals surface area (Å²) in [5.74, 6) is -0.835. The van der Waals surface area contributed by atoms with Crippen molar-refractivity contribution in [1.82, 2.24) is 0 Å². The maximum atomic E-state index is 13.3. The summed E-state index contributed by atoms with van der Waals surface area (Å²) >= 11 is 0. The molecule has 4 heteroatoms. The predicted octanol–water partition coefficient (Wildman–Crippen LogP) is 3.76. The van der Waals surface area contributed by atoms with E-state index in [-0.39, 0.29) is 5.56 Å². The van der Waals surface area contributed by atoms with Crippen LogP contribution in [0.5, 0.6) is 0 Å². The average Bonchev–Trinajstić information content (AvgIpc) is 2.35. The number of halogens is 1. The predicted molar refractivity (Wildman–Crippen MR) is 72.9 cm³/mol. The molecule has 2 rings (SSSR count). The van der Waals surface area contributed by atoms with Gasteiger partial charge < -0.3 is 10.4 Å². The molecule has 2 atom stereocenters. The van der Waals surface area contributed by atoms with E-state index in [1.807, 2.05) is 0 Å². The van der Waals surface area contributed by atoms with Crippen LogP contribution in [-0.2, 0) is 0 Å². The van der Waals surface area contributed by atoms with Crippen LogP contribution in [0.3, 0.4) is 0 Å². The van der Waals surface area contributed by atoms with Crippen molar-refractivity contribution < 1.29 is 14.3 Å². The van der Waals surface area contributed by atoms with Gasteiger partial charge in [0.2, 0.25) is 0 Å². The fraction of sp³-hybridized carbons (Fsp3) is 0.533. The van der Waals surface area contributed by atoms with Gasteiger partial charge in [-0.3, -0.25) is 0 Å². The van der Waals surface area contributed by atoms with Crippen LogP contribution in [0.4, 0.5) is 10.1 Å². The zero-order valence-corrected chi connectivity index (χ0v) is 11.3. The van der Waals surface area contributed by atoms with E-state index < -0.39 is 11.8 Å². The summed E-state index contributed by atoms with van der Waals surface area (Å²) in [6.45, 7) is 4.41. The molecule has 19 heavy (non-hydrogen) atoms. The van der Waals surface area contributed by atoms with Crippen molar-refractivity contribution in [3.63, 3.8) is 0 Å². The van der Waals surface area contributed by atoms with E-state index in [9.17, 15) is 9.18 Å². The van der Waals surface area contributed by atoms with Gasteiger partial charge in [0.05, 0.1) is 5.56 Å². The fourth-order valence-corrected chi connectivity index (χ4v) is 2.94. The molecule has 0 amide bonds. The highest BCUT2D eigenvalue weighted by Crippen LogP contribution is 2.31. The molecule has 1 aromatic rings. The van der Waals surface area contributed by atoms with Crippen molar-refractivity contribution in [2.45, 2.75) is 39.2 Å². The summed E-state index contributed by atoms with van der Waals surface area (Å²) in [5, 5.41) is 12.3. The number of carboxylic acid groups (broad SMARTS) is 1. The van der Waals surface area contributed by atoms with Gasteiger partial charge in [0.15, 0.2) is 0 Å². The van der Waals surface area contributed by atoms with Crippen molar-refractivity contribution in [2.75, 3.05) is 5.32 Å². The molecule has 1 saturated carbocycles. The second kappa shape index (κ2) is 5.59. The Morgan fingerprint density at radius 1 is 1.32 bits per heavy atom. The highest BCUT2D eigenvalue weighted by atomic mass is 19.1. The van der Waals surface area contributed by atoms with Gasteiger partial charge >= 0.3 is 5.97 Å². The van der Waals surface area contributed by atoms with Gasteiger partial charge in [-0.25, -0.2) is 9.18 Å². The van der Waals surface area contributed by atoms with Crippen LogP contribution in [0.1, 0.15) is 43.5 Å². The standard InChI is InChI=1S/C15H20FNO2/c1-9-4-3-5-10(2)14(9)17-11-6-7-13(16)12(8-11)15(18)19/h6-10,14,17H,3-5H2,1-2H3,(H,18,19). The van der Waals surface area contributed by atoms with Gasteiger partial charge in [-0.2, -0.15) is 0 Å². The number of hydrogen-bond donors (Lipinski definition) is 2. The number of nitrogens with one attached hydrogen (secondary N) is 1. The van der Waals surface area contributed by atoms with Gasteiger partial charge in [0.25, 0.3) is 0 Å². The van der Waals surface area contributed by atoms with E-state index >= 15 is 0 Å². The lowest BCUT2D eigenvalue weighted by Gasteiger charge is -2.36. The molecule has 0 aromatic heterocycles. The lowest BCUT2D eigenvalue weighted by molar-refractivity contribution is 0.0692. The van der Waals surface area contributed by atoms with Crippen molar-refractivity contribution >= 4 is 11.7 Å². The monoisotopic (exact) mass is 265 g/mol. The number of hydrogen-bond acceptors (Lipinski definition) is 2. The van der Waals surface area contributed by atoms with Crippen molar-refractivity contribution in [3.05, 3.63) is 29.6 Å². The largest absolute Gasteiger partial charge is 0.478 e. The maximum absolute atomic E-state index is 13.3. The van der Waals surface area contributed by atoms with Crippen LogP contribution in [0.2, 0.25) is 0 Å². The van der Waals surface area contributed by atoms with Crippen LogP contribution in [0.15, 0.2) is 18.2 Å². The van der Waals surface area contributed by atoms with Crippen molar-refractivity contribution in [3.8, 4) is 0 Å². The molecular formula is C15H20FNO2. The minimum absolute atomic E-state index is 0.277. The summed E-state index contributed by atoms with van der Waals surface area (Å²) in [6.07, 6.45) is 3.59. The Morgan fingerprint density at radius 3 is 2.53 bits per heavy atom. The minimum atomic E-state index is -1.23. The highest BCUT2D eigenvalue weighted by Gasteiger charge is 2.27. The second-order valence-corrected chi connectivity index (χ2v) is 5.56. The molecule has 0 spiro atoms. The first kappa shape index (κ1) is 13.8. The number of carboxylic acids is 1. The molecule has 1 aliphatic rings. The summed E-state index contributed by atoms with van der Waals surface area (Å²) in [7, 11) is 0. The van der Waals surface area contributed by atoms with Gasteiger partial charge in [0, 0.05) is 11.7 Å².